The molecule has 0 spiro atoms. The first kappa shape index (κ1) is 11.6. The van der Waals surface area contributed by atoms with Crippen LogP contribution in [0.3, 0.4) is 0 Å². The topological polar surface area (TPSA) is 42.4 Å². The lowest BCUT2D eigenvalue weighted by Crippen LogP contribution is -2.02. The minimum Gasteiger partial charge on any atom is -0.481 e. The van der Waals surface area contributed by atoms with Crippen LogP contribution < -0.4 is 4.74 Å². The maximum Gasteiger partial charge on any atom is 0.266 e. The van der Waals surface area contributed by atoms with Crippen LogP contribution in [0, 0.1) is 3.57 Å². The molecule has 6 heteroatoms. The molecule has 0 unspecified atom stereocenters. The molecular weight excluding hydrogens is 307 g/mol. The smallest absolute Gasteiger partial charge is 0.266 e. The molecule has 0 aliphatic rings. The normalized spacial score (nSPS) is 10.7. The number of halogens is 3. The van der Waals surface area contributed by atoms with Crippen molar-refractivity contribution in [3.05, 3.63) is 20.9 Å². The highest BCUT2D eigenvalue weighted by Crippen LogP contribution is 2.30. The van der Waals surface area contributed by atoms with Crippen LogP contribution in [0.4, 0.5) is 8.78 Å². The van der Waals surface area contributed by atoms with Crippen molar-refractivity contribution >= 4 is 22.6 Å². The van der Waals surface area contributed by atoms with Gasteiger partial charge in [0.1, 0.15) is 0 Å². The fourth-order valence-electron chi connectivity index (χ4n) is 0.996. The van der Waals surface area contributed by atoms with Crippen LogP contribution in [0.25, 0.3) is 0 Å². The second-order valence-corrected chi connectivity index (χ2v) is 3.55. The Morgan fingerprint density at radius 1 is 1.64 bits per heavy atom. The number of methoxy groups -OCH3 is 1. The summed E-state index contributed by atoms with van der Waals surface area (Å²) in [4.78, 5) is 3.68. The number of pyridine rings is 1. The summed E-state index contributed by atoms with van der Waals surface area (Å²) >= 11 is 1.75. The van der Waals surface area contributed by atoms with E-state index in [1.54, 1.807) is 22.6 Å². The summed E-state index contributed by atoms with van der Waals surface area (Å²) < 4.78 is 30.0. The Kier molecular flexibility index (Phi) is 3.99. The molecule has 14 heavy (non-hydrogen) atoms. The van der Waals surface area contributed by atoms with Crippen LogP contribution in [-0.4, -0.2) is 17.2 Å². The second kappa shape index (κ2) is 4.83. The van der Waals surface area contributed by atoms with Gasteiger partial charge in [0.2, 0.25) is 5.88 Å². The Hall–Kier alpha value is -0.500. The summed E-state index contributed by atoms with van der Waals surface area (Å²) in [5.74, 6) is 0.182. The highest BCUT2D eigenvalue weighted by atomic mass is 127. The summed E-state index contributed by atoms with van der Waals surface area (Å²) in [7, 11) is 1.37. The molecule has 0 aliphatic heterocycles. The molecule has 1 rings (SSSR count). The predicted octanol–water partition coefficient (Wildman–Crippen LogP) is 2.12. The first-order chi connectivity index (χ1) is 6.61. The minimum atomic E-state index is -2.59. The quantitative estimate of drug-likeness (QED) is 0.869. The fourth-order valence-corrected chi connectivity index (χ4v) is 1.77. The third-order valence-corrected chi connectivity index (χ3v) is 2.96. The number of aliphatic hydroxyl groups is 1. The molecule has 0 amide bonds. The number of aromatic nitrogens is 1. The van der Waals surface area contributed by atoms with E-state index in [4.69, 9.17) is 9.84 Å². The molecule has 1 N–H and O–H groups in total. The van der Waals surface area contributed by atoms with Crippen molar-refractivity contribution in [2.45, 2.75) is 13.0 Å². The Balaban J connectivity index is 3.27. The lowest BCUT2D eigenvalue weighted by Gasteiger charge is -2.10. The molecule has 1 aromatic rings. The van der Waals surface area contributed by atoms with Crippen molar-refractivity contribution < 1.29 is 18.6 Å². The van der Waals surface area contributed by atoms with Crippen LogP contribution >= 0.6 is 22.6 Å². The lowest BCUT2D eigenvalue weighted by molar-refractivity contribution is 0.149. The van der Waals surface area contributed by atoms with Crippen molar-refractivity contribution in [3.8, 4) is 5.88 Å². The van der Waals surface area contributed by atoms with Crippen LogP contribution in [0.1, 0.15) is 17.6 Å². The summed E-state index contributed by atoms with van der Waals surface area (Å²) in [6.07, 6.45) is -1.53. The molecule has 0 aliphatic carbocycles. The summed E-state index contributed by atoms with van der Waals surface area (Å²) in [6, 6.07) is 0. The number of ether oxygens (including phenoxy) is 1. The van der Waals surface area contributed by atoms with E-state index in [0.29, 0.717) is 9.13 Å². The fraction of sp³-hybridized carbons (Fsp3) is 0.375. The monoisotopic (exact) mass is 315 g/mol. The summed E-state index contributed by atoms with van der Waals surface area (Å²) in [6.45, 7) is -0.366. The summed E-state index contributed by atoms with van der Waals surface area (Å²) in [5, 5.41) is 8.97. The average Bonchev–Trinajstić information content (AvgIpc) is 2.16. The molecule has 1 aromatic heterocycles. The Bertz CT molecular complexity index is 333. The highest BCUT2D eigenvalue weighted by Gasteiger charge is 2.18. The van der Waals surface area contributed by atoms with E-state index < -0.39 is 6.43 Å². The van der Waals surface area contributed by atoms with E-state index in [1.807, 2.05) is 0 Å². The predicted molar refractivity (Wildman–Crippen MR) is 54.4 cm³/mol. The number of aliphatic hydroxyl groups excluding tert-OH is 1. The van der Waals surface area contributed by atoms with E-state index in [9.17, 15) is 8.78 Å². The first-order valence-electron chi connectivity index (χ1n) is 3.72. The maximum absolute atomic E-state index is 12.4. The second-order valence-electron chi connectivity index (χ2n) is 2.47. The molecule has 0 saturated heterocycles. The van der Waals surface area contributed by atoms with Crippen molar-refractivity contribution in [2.24, 2.45) is 0 Å². The van der Waals surface area contributed by atoms with E-state index in [2.05, 4.69) is 4.98 Å². The number of hydrogen-bond acceptors (Lipinski definition) is 3. The molecule has 0 atom stereocenters. The lowest BCUT2D eigenvalue weighted by atomic mass is 10.2. The molecule has 0 aromatic carbocycles. The van der Waals surface area contributed by atoms with Crippen LogP contribution in [0.5, 0.6) is 5.88 Å². The van der Waals surface area contributed by atoms with Crippen molar-refractivity contribution in [3.63, 3.8) is 0 Å². The van der Waals surface area contributed by atoms with Crippen molar-refractivity contribution in [1.29, 1.82) is 0 Å². The average molecular weight is 315 g/mol. The van der Waals surface area contributed by atoms with Crippen LogP contribution in [0.2, 0.25) is 0 Å². The summed E-state index contributed by atoms with van der Waals surface area (Å²) in [5.41, 5.74) is 0.112. The van der Waals surface area contributed by atoms with Gasteiger partial charge in [0, 0.05) is 9.77 Å². The number of hydrogen-bond donors (Lipinski definition) is 1. The highest BCUT2D eigenvalue weighted by molar-refractivity contribution is 14.1. The van der Waals surface area contributed by atoms with E-state index in [1.165, 1.54) is 7.11 Å². The van der Waals surface area contributed by atoms with Gasteiger partial charge in [-0.3, -0.25) is 0 Å². The SMILES string of the molecule is COc1ncc(C(F)F)c(I)c1CO. The zero-order valence-corrected chi connectivity index (χ0v) is 9.46. The third kappa shape index (κ3) is 2.11. The molecule has 0 bridgehead atoms. The molecule has 0 fully saturated rings. The Labute approximate surface area is 93.2 Å². The van der Waals surface area contributed by atoms with Gasteiger partial charge in [0.05, 0.1) is 24.8 Å². The van der Waals surface area contributed by atoms with Crippen molar-refractivity contribution in [2.75, 3.05) is 7.11 Å². The number of alkyl halides is 2. The molecule has 0 radical (unpaired) electrons. The largest absolute Gasteiger partial charge is 0.481 e. The Morgan fingerprint density at radius 2 is 2.29 bits per heavy atom. The molecule has 0 saturated carbocycles. The number of rotatable bonds is 3. The Morgan fingerprint density at radius 3 is 2.71 bits per heavy atom. The number of nitrogens with zero attached hydrogens (tertiary/aromatic N) is 1. The molecule has 3 nitrogen and oxygen atoms in total. The van der Waals surface area contributed by atoms with Gasteiger partial charge in [0.15, 0.2) is 0 Å². The maximum atomic E-state index is 12.4. The van der Waals surface area contributed by atoms with Gasteiger partial charge < -0.3 is 9.84 Å². The van der Waals surface area contributed by atoms with Gasteiger partial charge in [-0.05, 0) is 22.6 Å². The first-order valence-corrected chi connectivity index (χ1v) is 4.80. The van der Waals surface area contributed by atoms with Gasteiger partial charge in [0.25, 0.3) is 6.43 Å². The van der Waals surface area contributed by atoms with E-state index in [-0.39, 0.29) is 18.1 Å². The van der Waals surface area contributed by atoms with Gasteiger partial charge in [-0.25, -0.2) is 13.8 Å². The molecule has 78 valence electrons. The van der Waals surface area contributed by atoms with Gasteiger partial charge in [-0.1, -0.05) is 0 Å². The van der Waals surface area contributed by atoms with Gasteiger partial charge >= 0.3 is 0 Å². The van der Waals surface area contributed by atoms with Crippen LogP contribution in [-0.2, 0) is 6.61 Å². The minimum absolute atomic E-state index is 0.182. The van der Waals surface area contributed by atoms with E-state index >= 15 is 0 Å². The van der Waals surface area contributed by atoms with Crippen LogP contribution in [0.15, 0.2) is 6.20 Å². The zero-order valence-electron chi connectivity index (χ0n) is 7.30. The van der Waals surface area contributed by atoms with Gasteiger partial charge in [-0.2, -0.15) is 0 Å². The molecular formula is C8H8F2INO2. The molecule has 1 heterocycles. The standard InChI is InChI=1S/C8H8F2INO2/c1-14-8-5(3-13)6(11)4(2-12-8)7(9)10/h2,7,13H,3H2,1H3. The zero-order chi connectivity index (χ0) is 10.7. The van der Waals surface area contributed by atoms with E-state index in [0.717, 1.165) is 6.20 Å². The third-order valence-electron chi connectivity index (χ3n) is 1.68. The van der Waals surface area contributed by atoms with Gasteiger partial charge in [-0.15, -0.1) is 0 Å². The van der Waals surface area contributed by atoms with Crippen molar-refractivity contribution in [1.82, 2.24) is 4.98 Å².